The molecule has 6 heteroatoms. The molecule has 2 aromatic carbocycles. The Bertz CT molecular complexity index is 1040. The maximum atomic E-state index is 7.07. The van der Waals surface area contributed by atoms with Gasteiger partial charge in [-0.15, -0.1) is 0 Å². The number of rotatable bonds is 8. The Balaban J connectivity index is 1.53. The molecule has 162 valence electrons. The number of fused-ring (bicyclic) bond motifs is 1. The summed E-state index contributed by atoms with van der Waals surface area (Å²) in [6.45, 7) is 10.5. The zero-order valence-electron chi connectivity index (χ0n) is 18.4. The molecule has 0 saturated carbocycles. The highest BCUT2D eigenvalue weighted by molar-refractivity contribution is 5.83. The van der Waals surface area contributed by atoms with Gasteiger partial charge in [0.1, 0.15) is 12.4 Å². The van der Waals surface area contributed by atoms with Gasteiger partial charge in [-0.25, -0.2) is 4.85 Å². The second-order valence-corrected chi connectivity index (χ2v) is 8.57. The van der Waals surface area contributed by atoms with Crippen LogP contribution >= 0.6 is 0 Å². The molecule has 0 radical (unpaired) electrons. The first-order valence-corrected chi connectivity index (χ1v) is 11.0. The van der Waals surface area contributed by atoms with Crippen LogP contribution in [0.4, 0.5) is 5.69 Å². The van der Waals surface area contributed by atoms with E-state index in [1.807, 2.05) is 12.1 Å². The molecule has 1 aromatic heterocycles. The van der Waals surface area contributed by atoms with Crippen LogP contribution in [-0.4, -0.2) is 37.2 Å². The van der Waals surface area contributed by atoms with Gasteiger partial charge in [0, 0.05) is 17.5 Å². The summed E-state index contributed by atoms with van der Waals surface area (Å²) in [5.41, 5.74) is 4.77. The molecule has 0 unspecified atom stereocenters. The lowest BCUT2D eigenvalue weighted by Crippen LogP contribution is -2.27. The zero-order chi connectivity index (χ0) is 21.6. The van der Waals surface area contributed by atoms with Crippen molar-refractivity contribution in [2.75, 3.05) is 27.2 Å². The molecule has 1 aliphatic heterocycles. The SMILES string of the molecule is [C-]#[N+]c1ccc(OCc2ccc3c(CCC4CCNCC4)noc3c2CN(C)C)cc1. The normalized spacial score (nSPS) is 14.8. The molecule has 1 saturated heterocycles. The van der Waals surface area contributed by atoms with Crippen LogP contribution in [0.1, 0.15) is 36.1 Å². The second-order valence-electron chi connectivity index (χ2n) is 8.57. The van der Waals surface area contributed by atoms with Crippen molar-refractivity contribution in [2.24, 2.45) is 5.92 Å². The Labute approximate surface area is 184 Å². The van der Waals surface area contributed by atoms with E-state index in [4.69, 9.17) is 15.8 Å². The van der Waals surface area contributed by atoms with Gasteiger partial charge in [-0.3, -0.25) is 0 Å². The van der Waals surface area contributed by atoms with Crippen molar-refractivity contribution in [3.8, 4) is 5.75 Å². The van der Waals surface area contributed by atoms with E-state index >= 15 is 0 Å². The largest absolute Gasteiger partial charge is 0.489 e. The molecule has 4 rings (SSSR count). The first-order valence-electron chi connectivity index (χ1n) is 11.0. The van der Waals surface area contributed by atoms with Crippen molar-refractivity contribution < 1.29 is 9.26 Å². The third kappa shape index (κ3) is 5.25. The van der Waals surface area contributed by atoms with Gasteiger partial charge in [-0.05, 0) is 82.5 Å². The molecule has 1 aliphatic rings. The van der Waals surface area contributed by atoms with Gasteiger partial charge in [0.05, 0.1) is 12.3 Å². The fourth-order valence-electron chi connectivity index (χ4n) is 4.24. The highest BCUT2D eigenvalue weighted by Crippen LogP contribution is 2.29. The van der Waals surface area contributed by atoms with Gasteiger partial charge >= 0.3 is 0 Å². The van der Waals surface area contributed by atoms with Crippen LogP contribution in [0.15, 0.2) is 40.9 Å². The smallest absolute Gasteiger partial charge is 0.187 e. The Morgan fingerprint density at radius 1 is 1.16 bits per heavy atom. The number of piperidine rings is 1. The number of nitrogens with zero attached hydrogens (tertiary/aromatic N) is 3. The minimum Gasteiger partial charge on any atom is -0.489 e. The number of aromatic nitrogens is 1. The first-order chi connectivity index (χ1) is 15.1. The molecule has 1 fully saturated rings. The van der Waals surface area contributed by atoms with Gasteiger partial charge in [-0.1, -0.05) is 23.4 Å². The van der Waals surface area contributed by atoms with E-state index in [0.29, 0.717) is 12.3 Å². The van der Waals surface area contributed by atoms with Crippen LogP contribution in [0, 0.1) is 12.5 Å². The lowest BCUT2D eigenvalue weighted by molar-refractivity contribution is 0.301. The minimum absolute atomic E-state index is 0.446. The first kappa shape index (κ1) is 21.4. The van der Waals surface area contributed by atoms with Crippen molar-refractivity contribution in [3.05, 3.63) is 64.6 Å². The number of benzene rings is 2. The van der Waals surface area contributed by atoms with Crippen molar-refractivity contribution in [3.63, 3.8) is 0 Å². The number of ether oxygens (including phenoxy) is 1. The molecule has 0 atom stereocenters. The Morgan fingerprint density at radius 2 is 1.94 bits per heavy atom. The van der Waals surface area contributed by atoms with Gasteiger partial charge in [-0.2, -0.15) is 0 Å². The number of nitrogens with one attached hydrogen (secondary N) is 1. The van der Waals surface area contributed by atoms with Crippen LogP contribution in [0.5, 0.6) is 5.75 Å². The number of hydrogen-bond acceptors (Lipinski definition) is 5. The number of aryl methyl sites for hydroxylation is 1. The van der Waals surface area contributed by atoms with Gasteiger partial charge in [0.25, 0.3) is 0 Å². The summed E-state index contributed by atoms with van der Waals surface area (Å²) in [4.78, 5) is 5.56. The van der Waals surface area contributed by atoms with Crippen molar-refractivity contribution in [1.82, 2.24) is 15.4 Å². The summed E-state index contributed by atoms with van der Waals surface area (Å²) < 4.78 is 11.9. The van der Waals surface area contributed by atoms with Gasteiger partial charge < -0.3 is 19.5 Å². The van der Waals surface area contributed by atoms with E-state index < -0.39 is 0 Å². The molecule has 2 heterocycles. The lowest BCUT2D eigenvalue weighted by Gasteiger charge is -2.21. The molecule has 0 amide bonds. The third-order valence-electron chi connectivity index (χ3n) is 6.00. The van der Waals surface area contributed by atoms with Gasteiger partial charge in [0.15, 0.2) is 11.3 Å². The molecule has 6 nitrogen and oxygen atoms in total. The van der Waals surface area contributed by atoms with E-state index in [0.717, 1.165) is 71.9 Å². The maximum absolute atomic E-state index is 7.07. The van der Waals surface area contributed by atoms with E-state index in [1.54, 1.807) is 12.1 Å². The van der Waals surface area contributed by atoms with Gasteiger partial charge in [0.2, 0.25) is 0 Å². The fourth-order valence-corrected chi connectivity index (χ4v) is 4.24. The molecule has 3 aromatic rings. The average Bonchev–Trinajstić information content (AvgIpc) is 3.21. The van der Waals surface area contributed by atoms with Crippen molar-refractivity contribution in [2.45, 2.75) is 38.8 Å². The zero-order valence-corrected chi connectivity index (χ0v) is 18.4. The van der Waals surface area contributed by atoms with Crippen LogP contribution < -0.4 is 10.1 Å². The summed E-state index contributed by atoms with van der Waals surface area (Å²) in [6.07, 6.45) is 4.63. The van der Waals surface area contributed by atoms with E-state index in [2.05, 4.69) is 46.4 Å². The lowest BCUT2D eigenvalue weighted by atomic mass is 9.92. The summed E-state index contributed by atoms with van der Waals surface area (Å²) in [5.74, 6) is 1.53. The van der Waals surface area contributed by atoms with Crippen LogP contribution in [0.2, 0.25) is 0 Å². The molecule has 0 bridgehead atoms. The van der Waals surface area contributed by atoms with Crippen molar-refractivity contribution >= 4 is 16.7 Å². The third-order valence-corrected chi connectivity index (χ3v) is 6.00. The van der Waals surface area contributed by atoms with Crippen molar-refractivity contribution in [1.29, 1.82) is 0 Å². The molecule has 0 aliphatic carbocycles. The summed E-state index contributed by atoms with van der Waals surface area (Å²) in [6, 6.07) is 11.5. The molecule has 31 heavy (non-hydrogen) atoms. The topological polar surface area (TPSA) is 54.9 Å². The quantitative estimate of drug-likeness (QED) is 0.525. The standard InChI is InChI=1S/C25H30N4O2/c1-26-20-6-8-21(9-7-20)30-17-19-5-10-22-24(11-4-18-12-14-27-15-13-18)28-31-25(22)23(19)16-29(2)3/h5-10,18,27H,4,11-17H2,2-3H3. The maximum Gasteiger partial charge on any atom is 0.187 e. The summed E-state index contributed by atoms with van der Waals surface area (Å²) in [5, 5.41) is 9.00. The predicted molar refractivity (Wildman–Crippen MR) is 122 cm³/mol. The monoisotopic (exact) mass is 418 g/mol. The molecular formula is C25H30N4O2. The Kier molecular flexibility index (Phi) is 6.86. The van der Waals surface area contributed by atoms with E-state index in [1.165, 1.54) is 12.8 Å². The summed E-state index contributed by atoms with van der Waals surface area (Å²) >= 11 is 0. The predicted octanol–water partition coefficient (Wildman–Crippen LogP) is 4.95. The summed E-state index contributed by atoms with van der Waals surface area (Å²) in [7, 11) is 4.11. The van der Waals surface area contributed by atoms with Crippen LogP contribution in [-0.2, 0) is 19.6 Å². The second kappa shape index (κ2) is 9.95. The van der Waals surface area contributed by atoms with E-state index in [9.17, 15) is 0 Å². The Morgan fingerprint density at radius 3 is 2.65 bits per heavy atom. The highest BCUT2D eigenvalue weighted by Gasteiger charge is 2.19. The molecule has 0 spiro atoms. The van der Waals surface area contributed by atoms with Crippen LogP contribution in [0.3, 0.4) is 0 Å². The van der Waals surface area contributed by atoms with Crippen LogP contribution in [0.25, 0.3) is 15.8 Å². The van der Waals surface area contributed by atoms with E-state index in [-0.39, 0.29) is 0 Å². The minimum atomic E-state index is 0.446. The number of hydrogen-bond donors (Lipinski definition) is 1. The molecular weight excluding hydrogens is 388 g/mol. The average molecular weight is 419 g/mol. The highest BCUT2D eigenvalue weighted by atomic mass is 16.5. The Hall–Kier alpha value is -2.88. The molecule has 1 N–H and O–H groups in total. The fraction of sp³-hybridized carbons (Fsp3) is 0.440.